The Kier molecular flexibility index (Phi) is 5.24. The fraction of sp³-hybridized carbons (Fsp3) is 0.267. The molecule has 1 aromatic carbocycles. The van der Waals surface area contributed by atoms with E-state index in [1.54, 1.807) is 34.5 Å². The standard InChI is InChI=1S/C15H17FN2OS/c1-18-9-4-7-14(18)15(19)17-8-10-20-11-12-5-2-3-6-13(12)16/h2-7,9H,8,10-11H2,1H3,(H,17,19). The Hall–Kier alpha value is -1.75. The van der Waals surface area contributed by atoms with E-state index in [1.807, 2.05) is 25.4 Å². The topological polar surface area (TPSA) is 34.0 Å². The fourth-order valence-corrected chi connectivity index (χ4v) is 2.67. The van der Waals surface area contributed by atoms with E-state index < -0.39 is 0 Å². The molecule has 106 valence electrons. The van der Waals surface area contributed by atoms with Crippen LogP contribution in [0.3, 0.4) is 0 Å². The van der Waals surface area contributed by atoms with Gasteiger partial charge >= 0.3 is 0 Å². The van der Waals surface area contributed by atoms with Crippen molar-refractivity contribution in [1.82, 2.24) is 9.88 Å². The molecule has 0 aliphatic rings. The summed E-state index contributed by atoms with van der Waals surface area (Å²) in [5.41, 5.74) is 1.34. The molecule has 20 heavy (non-hydrogen) atoms. The summed E-state index contributed by atoms with van der Waals surface area (Å²) >= 11 is 1.60. The molecule has 1 N–H and O–H groups in total. The lowest BCUT2D eigenvalue weighted by Crippen LogP contribution is -2.27. The third-order valence-electron chi connectivity index (χ3n) is 2.92. The van der Waals surface area contributed by atoms with Gasteiger partial charge in [-0.05, 0) is 23.8 Å². The van der Waals surface area contributed by atoms with Crippen molar-refractivity contribution in [3.8, 4) is 0 Å². The Morgan fingerprint density at radius 3 is 2.80 bits per heavy atom. The number of rotatable bonds is 6. The Balaban J connectivity index is 1.69. The average Bonchev–Trinajstić information content (AvgIpc) is 2.86. The van der Waals surface area contributed by atoms with Crippen molar-refractivity contribution < 1.29 is 9.18 Å². The van der Waals surface area contributed by atoms with Crippen LogP contribution in [0.4, 0.5) is 4.39 Å². The molecule has 0 aliphatic heterocycles. The average molecular weight is 292 g/mol. The largest absolute Gasteiger partial charge is 0.350 e. The van der Waals surface area contributed by atoms with Crippen LogP contribution in [0.2, 0.25) is 0 Å². The highest BCUT2D eigenvalue weighted by Gasteiger charge is 2.07. The van der Waals surface area contributed by atoms with Crippen molar-refractivity contribution in [1.29, 1.82) is 0 Å². The monoisotopic (exact) mass is 292 g/mol. The van der Waals surface area contributed by atoms with E-state index in [0.717, 1.165) is 5.75 Å². The van der Waals surface area contributed by atoms with Gasteiger partial charge in [-0.25, -0.2) is 4.39 Å². The zero-order valence-electron chi connectivity index (χ0n) is 11.3. The molecular formula is C15H17FN2OS. The normalized spacial score (nSPS) is 10.5. The molecule has 1 aromatic heterocycles. The molecule has 0 atom stereocenters. The summed E-state index contributed by atoms with van der Waals surface area (Å²) in [7, 11) is 1.84. The summed E-state index contributed by atoms with van der Waals surface area (Å²) in [4.78, 5) is 11.8. The van der Waals surface area contributed by atoms with Crippen molar-refractivity contribution in [3.05, 3.63) is 59.7 Å². The van der Waals surface area contributed by atoms with Crippen LogP contribution in [0, 0.1) is 5.82 Å². The number of benzene rings is 1. The first-order chi connectivity index (χ1) is 9.68. The van der Waals surface area contributed by atoms with E-state index in [1.165, 1.54) is 6.07 Å². The number of aryl methyl sites for hydroxylation is 1. The van der Waals surface area contributed by atoms with Crippen molar-refractivity contribution >= 4 is 17.7 Å². The molecule has 1 heterocycles. The molecule has 0 saturated carbocycles. The second-order valence-electron chi connectivity index (χ2n) is 4.40. The van der Waals surface area contributed by atoms with E-state index >= 15 is 0 Å². The van der Waals surface area contributed by atoms with Gasteiger partial charge in [-0.2, -0.15) is 11.8 Å². The molecule has 2 aromatic rings. The van der Waals surface area contributed by atoms with Crippen LogP contribution in [-0.4, -0.2) is 22.8 Å². The number of thioether (sulfide) groups is 1. The first-order valence-corrected chi connectivity index (χ1v) is 7.54. The Bertz CT molecular complexity index is 583. The first-order valence-electron chi connectivity index (χ1n) is 6.39. The molecule has 3 nitrogen and oxygen atoms in total. The van der Waals surface area contributed by atoms with Gasteiger partial charge in [0.15, 0.2) is 0 Å². The van der Waals surface area contributed by atoms with Gasteiger partial charge in [-0.1, -0.05) is 18.2 Å². The van der Waals surface area contributed by atoms with E-state index in [2.05, 4.69) is 5.32 Å². The second-order valence-corrected chi connectivity index (χ2v) is 5.51. The van der Waals surface area contributed by atoms with Crippen LogP contribution in [0.5, 0.6) is 0 Å². The van der Waals surface area contributed by atoms with Crippen molar-refractivity contribution in [3.63, 3.8) is 0 Å². The van der Waals surface area contributed by atoms with Gasteiger partial charge in [0.05, 0.1) is 0 Å². The Morgan fingerprint density at radius 2 is 2.10 bits per heavy atom. The number of hydrogen-bond acceptors (Lipinski definition) is 2. The van der Waals surface area contributed by atoms with Gasteiger partial charge in [0, 0.05) is 31.3 Å². The molecular weight excluding hydrogens is 275 g/mol. The van der Waals surface area contributed by atoms with Gasteiger partial charge in [0.2, 0.25) is 0 Å². The number of hydrogen-bond donors (Lipinski definition) is 1. The van der Waals surface area contributed by atoms with Crippen LogP contribution >= 0.6 is 11.8 Å². The highest BCUT2D eigenvalue weighted by Crippen LogP contribution is 2.14. The maximum absolute atomic E-state index is 13.4. The van der Waals surface area contributed by atoms with E-state index in [9.17, 15) is 9.18 Å². The minimum atomic E-state index is -0.173. The van der Waals surface area contributed by atoms with E-state index in [-0.39, 0.29) is 11.7 Å². The first kappa shape index (κ1) is 14.7. The van der Waals surface area contributed by atoms with Crippen LogP contribution < -0.4 is 5.32 Å². The summed E-state index contributed by atoms with van der Waals surface area (Å²) in [6.45, 7) is 0.573. The molecule has 0 radical (unpaired) electrons. The van der Waals surface area contributed by atoms with Crippen LogP contribution in [0.25, 0.3) is 0 Å². The lowest BCUT2D eigenvalue weighted by molar-refractivity contribution is 0.0948. The number of carbonyl (C=O) groups is 1. The number of nitrogens with zero attached hydrogens (tertiary/aromatic N) is 1. The summed E-state index contributed by atoms with van der Waals surface area (Å²) in [5, 5.41) is 2.85. The predicted molar refractivity (Wildman–Crippen MR) is 80.3 cm³/mol. The second kappa shape index (κ2) is 7.14. The number of amides is 1. The van der Waals surface area contributed by atoms with Crippen molar-refractivity contribution in [2.75, 3.05) is 12.3 Å². The number of aromatic nitrogens is 1. The van der Waals surface area contributed by atoms with Crippen molar-refractivity contribution in [2.24, 2.45) is 7.05 Å². The lowest BCUT2D eigenvalue weighted by atomic mass is 10.2. The van der Waals surface area contributed by atoms with Gasteiger partial charge < -0.3 is 9.88 Å². The maximum atomic E-state index is 13.4. The van der Waals surface area contributed by atoms with Gasteiger partial charge in [0.25, 0.3) is 5.91 Å². The van der Waals surface area contributed by atoms with Gasteiger partial charge in [-0.3, -0.25) is 4.79 Å². The molecule has 0 aliphatic carbocycles. The minimum absolute atomic E-state index is 0.0796. The molecule has 1 amide bonds. The molecule has 0 spiro atoms. The maximum Gasteiger partial charge on any atom is 0.267 e. The van der Waals surface area contributed by atoms with Crippen LogP contribution in [0.15, 0.2) is 42.6 Å². The molecule has 0 saturated heterocycles. The SMILES string of the molecule is Cn1cccc1C(=O)NCCSCc1ccccc1F. The van der Waals surface area contributed by atoms with Crippen LogP contribution in [0.1, 0.15) is 16.1 Å². The van der Waals surface area contributed by atoms with Crippen LogP contribution in [-0.2, 0) is 12.8 Å². The Morgan fingerprint density at radius 1 is 1.30 bits per heavy atom. The third kappa shape index (κ3) is 3.87. The highest BCUT2D eigenvalue weighted by atomic mass is 32.2. The van der Waals surface area contributed by atoms with E-state index in [0.29, 0.717) is 23.6 Å². The number of halogens is 1. The summed E-state index contributed by atoms with van der Waals surface area (Å²) < 4.78 is 15.2. The molecule has 5 heteroatoms. The third-order valence-corrected chi connectivity index (χ3v) is 3.93. The minimum Gasteiger partial charge on any atom is -0.350 e. The van der Waals surface area contributed by atoms with E-state index in [4.69, 9.17) is 0 Å². The summed E-state index contributed by atoms with van der Waals surface area (Å²) in [5.74, 6) is 1.12. The molecule has 0 unspecified atom stereocenters. The molecule has 0 fully saturated rings. The van der Waals surface area contributed by atoms with Crippen molar-refractivity contribution in [2.45, 2.75) is 5.75 Å². The lowest BCUT2D eigenvalue weighted by Gasteiger charge is -2.06. The van der Waals surface area contributed by atoms with Gasteiger partial charge in [0.1, 0.15) is 11.5 Å². The number of carbonyl (C=O) groups excluding carboxylic acids is 1. The predicted octanol–water partition coefficient (Wildman–Crippen LogP) is 2.83. The zero-order chi connectivity index (χ0) is 14.4. The Labute approximate surface area is 122 Å². The quantitative estimate of drug-likeness (QED) is 0.831. The summed E-state index contributed by atoms with van der Waals surface area (Å²) in [6, 6.07) is 10.4. The molecule has 0 bridgehead atoms. The highest BCUT2D eigenvalue weighted by molar-refractivity contribution is 7.98. The fourth-order valence-electron chi connectivity index (χ4n) is 1.82. The van der Waals surface area contributed by atoms with Gasteiger partial charge in [-0.15, -0.1) is 0 Å². The zero-order valence-corrected chi connectivity index (χ0v) is 12.1. The number of nitrogens with one attached hydrogen (secondary N) is 1. The molecule has 2 rings (SSSR count). The smallest absolute Gasteiger partial charge is 0.267 e. The summed E-state index contributed by atoms with van der Waals surface area (Å²) in [6.07, 6.45) is 1.84.